The molecule has 0 fully saturated rings. The Morgan fingerprint density at radius 2 is 1.88 bits per heavy atom. The molecule has 2 heterocycles. The van der Waals surface area contributed by atoms with Gasteiger partial charge in [-0.15, -0.1) is 0 Å². The average Bonchev–Trinajstić information content (AvgIpc) is 3.01. The Balaban J connectivity index is 1.89. The Labute approximate surface area is 148 Å². The third-order valence-electron chi connectivity index (χ3n) is 4.31. The van der Waals surface area contributed by atoms with E-state index in [0.717, 1.165) is 11.2 Å². The summed E-state index contributed by atoms with van der Waals surface area (Å²) in [6.45, 7) is 2.02. The average molecular weight is 354 g/mol. The quantitative estimate of drug-likeness (QED) is 0.614. The van der Waals surface area contributed by atoms with Crippen molar-refractivity contribution in [2.45, 2.75) is 19.6 Å². The lowest BCUT2D eigenvalue weighted by Gasteiger charge is -2.15. The molecule has 5 nitrogen and oxygen atoms in total. The van der Waals surface area contributed by atoms with Crippen LogP contribution in [0.3, 0.4) is 0 Å². The smallest absolute Gasteiger partial charge is 0.261 e. The first kappa shape index (κ1) is 15.9. The van der Waals surface area contributed by atoms with Crippen LogP contribution < -0.4 is 5.56 Å². The van der Waals surface area contributed by atoms with Crippen LogP contribution in [-0.4, -0.2) is 19.3 Å². The minimum Gasteiger partial charge on any atom is -0.387 e. The maximum absolute atomic E-state index is 13.0. The molecule has 0 saturated heterocycles. The highest BCUT2D eigenvalue weighted by atomic mass is 35.5. The second-order valence-electron chi connectivity index (χ2n) is 6.06. The van der Waals surface area contributed by atoms with Crippen LogP contribution in [0.2, 0.25) is 5.02 Å². The van der Waals surface area contributed by atoms with Crippen molar-refractivity contribution in [1.29, 1.82) is 0 Å². The second kappa shape index (κ2) is 6.02. The van der Waals surface area contributed by atoms with E-state index >= 15 is 0 Å². The predicted octanol–water partition coefficient (Wildman–Crippen LogP) is 3.34. The Morgan fingerprint density at radius 1 is 1.16 bits per heavy atom. The second-order valence-corrected chi connectivity index (χ2v) is 6.49. The molecule has 4 aromatic rings. The summed E-state index contributed by atoms with van der Waals surface area (Å²) in [5.41, 5.74) is 2.79. The van der Waals surface area contributed by atoms with Gasteiger partial charge < -0.3 is 5.11 Å². The minimum atomic E-state index is -0.824. The number of halogens is 1. The molecule has 0 aliphatic rings. The van der Waals surface area contributed by atoms with Gasteiger partial charge >= 0.3 is 0 Å². The summed E-state index contributed by atoms with van der Waals surface area (Å²) in [5, 5.41) is 16.3. The maximum Gasteiger partial charge on any atom is 0.261 e. The summed E-state index contributed by atoms with van der Waals surface area (Å²) in [6.07, 6.45) is -0.824. The van der Waals surface area contributed by atoms with E-state index in [1.807, 2.05) is 31.2 Å². The summed E-state index contributed by atoms with van der Waals surface area (Å²) >= 11 is 5.90. The molecule has 1 unspecified atom stereocenters. The van der Waals surface area contributed by atoms with Crippen LogP contribution >= 0.6 is 11.6 Å². The van der Waals surface area contributed by atoms with Gasteiger partial charge in [0.25, 0.3) is 5.56 Å². The van der Waals surface area contributed by atoms with Crippen molar-refractivity contribution in [3.63, 3.8) is 0 Å². The van der Waals surface area contributed by atoms with Crippen molar-refractivity contribution in [1.82, 2.24) is 14.2 Å². The van der Waals surface area contributed by atoms with Crippen LogP contribution in [0, 0.1) is 6.92 Å². The van der Waals surface area contributed by atoms with Crippen molar-refractivity contribution < 1.29 is 5.11 Å². The minimum absolute atomic E-state index is 0.139. The van der Waals surface area contributed by atoms with Gasteiger partial charge in [0.05, 0.1) is 29.2 Å². The van der Waals surface area contributed by atoms with Gasteiger partial charge in [0.1, 0.15) is 5.65 Å². The first-order chi connectivity index (χ1) is 12.0. The van der Waals surface area contributed by atoms with Crippen LogP contribution in [0.5, 0.6) is 0 Å². The van der Waals surface area contributed by atoms with E-state index in [4.69, 9.17) is 11.6 Å². The fourth-order valence-corrected chi connectivity index (χ4v) is 3.21. The normalized spacial score (nSPS) is 12.8. The van der Waals surface area contributed by atoms with Gasteiger partial charge in [-0.05, 0) is 36.8 Å². The van der Waals surface area contributed by atoms with Crippen LogP contribution in [0.4, 0.5) is 0 Å². The molecule has 126 valence electrons. The van der Waals surface area contributed by atoms with Crippen LogP contribution in [0.25, 0.3) is 16.6 Å². The molecule has 6 heteroatoms. The molecule has 0 saturated carbocycles. The van der Waals surface area contributed by atoms with Crippen molar-refractivity contribution >= 4 is 28.2 Å². The molecule has 0 spiro atoms. The number of aliphatic hydroxyl groups is 1. The topological polar surface area (TPSA) is 59.5 Å². The number of aryl methyl sites for hydroxylation is 1. The molecule has 4 rings (SSSR count). The largest absolute Gasteiger partial charge is 0.387 e. The summed E-state index contributed by atoms with van der Waals surface area (Å²) in [4.78, 5) is 13.0. The van der Waals surface area contributed by atoms with Crippen molar-refractivity contribution in [3.05, 3.63) is 81.2 Å². The molecule has 0 bridgehead atoms. The van der Waals surface area contributed by atoms with Gasteiger partial charge in [-0.3, -0.25) is 9.36 Å². The van der Waals surface area contributed by atoms with Crippen LogP contribution in [0.15, 0.2) is 59.4 Å². The predicted molar refractivity (Wildman–Crippen MR) is 98.1 cm³/mol. The highest BCUT2D eigenvalue weighted by molar-refractivity contribution is 6.30. The first-order valence-corrected chi connectivity index (χ1v) is 8.34. The lowest BCUT2D eigenvalue weighted by molar-refractivity contribution is 0.156. The Kier molecular flexibility index (Phi) is 3.82. The van der Waals surface area contributed by atoms with E-state index in [-0.39, 0.29) is 12.1 Å². The third kappa shape index (κ3) is 2.71. The number of para-hydroxylation sites is 1. The Bertz CT molecular complexity index is 1130. The highest BCUT2D eigenvalue weighted by Gasteiger charge is 2.16. The molecule has 1 atom stereocenters. The standard InChI is InChI=1S/C19H16ClN3O2/c1-12-10-18-22(11-17(24)13-6-8-14(20)9-7-13)19(25)15-4-2-3-5-16(15)23(18)21-12/h2-10,17,24H,11H2,1H3. The number of nitrogens with zero attached hydrogens (tertiary/aromatic N) is 3. The molecule has 2 aromatic heterocycles. The fourth-order valence-electron chi connectivity index (χ4n) is 3.08. The lowest BCUT2D eigenvalue weighted by atomic mass is 10.1. The van der Waals surface area contributed by atoms with Crippen LogP contribution in [-0.2, 0) is 6.54 Å². The van der Waals surface area contributed by atoms with Gasteiger partial charge in [0, 0.05) is 11.1 Å². The molecule has 0 radical (unpaired) electrons. The van der Waals surface area contributed by atoms with Gasteiger partial charge in [-0.25, -0.2) is 4.52 Å². The lowest BCUT2D eigenvalue weighted by Crippen LogP contribution is -2.25. The number of hydrogen-bond acceptors (Lipinski definition) is 3. The Hall–Kier alpha value is -2.63. The number of rotatable bonds is 3. The number of fused-ring (bicyclic) bond motifs is 3. The van der Waals surface area contributed by atoms with E-state index in [9.17, 15) is 9.90 Å². The van der Waals surface area contributed by atoms with E-state index in [2.05, 4.69) is 5.10 Å². The molecule has 0 aliphatic carbocycles. The molecule has 2 aromatic carbocycles. The molecular weight excluding hydrogens is 338 g/mol. The zero-order valence-electron chi connectivity index (χ0n) is 13.6. The Morgan fingerprint density at radius 3 is 2.64 bits per heavy atom. The molecule has 0 aliphatic heterocycles. The molecule has 25 heavy (non-hydrogen) atoms. The number of hydrogen-bond donors (Lipinski definition) is 1. The molecule has 1 N–H and O–H groups in total. The van der Waals surface area contributed by atoms with Crippen molar-refractivity contribution in [2.24, 2.45) is 0 Å². The van der Waals surface area contributed by atoms with E-state index in [1.54, 1.807) is 39.4 Å². The zero-order valence-corrected chi connectivity index (χ0v) is 14.3. The van der Waals surface area contributed by atoms with E-state index in [0.29, 0.717) is 21.6 Å². The summed E-state index contributed by atoms with van der Waals surface area (Å²) in [5.74, 6) is 0. The highest BCUT2D eigenvalue weighted by Crippen LogP contribution is 2.20. The summed E-state index contributed by atoms with van der Waals surface area (Å²) in [6, 6.07) is 16.2. The monoisotopic (exact) mass is 353 g/mol. The number of benzene rings is 2. The third-order valence-corrected chi connectivity index (χ3v) is 4.56. The van der Waals surface area contributed by atoms with Crippen molar-refractivity contribution in [3.8, 4) is 0 Å². The van der Waals surface area contributed by atoms with E-state index in [1.165, 1.54) is 0 Å². The zero-order chi connectivity index (χ0) is 17.6. The van der Waals surface area contributed by atoms with Gasteiger partial charge in [-0.1, -0.05) is 35.9 Å². The van der Waals surface area contributed by atoms with Gasteiger partial charge in [0.15, 0.2) is 0 Å². The van der Waals surface area contributed by atoms with Crippen molar-refractivity contribution in [2.75, 3.05) is 0 Å². The summed E-state index contributed by atoms with van der Waals surface area (Å²) < 4.78 is 3.32. The maximum atomic E-state index is 13.0. The SMILES string of the molecule is Cc1cc2n(CC(O)c3ccc(Cl)cc3)c(=O)c3ccccc3n2n1. The fraction of sp³-hybridized carbons (Fsp3) is 0.158. The van der Waals surface area contributed by atoms with E-state index < -0.39 is 6.10 Å². The van der Waals surface area contributed by atoms with Crippen LogP contribution in [0.1, 0.15) is 17.4 Å². The van der Waals surface area contributed by atoms with Gasteiger partial charge in [-0.2, -0.15) is 5.10 Å². The molecular formula is C19H16ClN3O2. The van der Waals surface area contributed by atoms with Gasteiger partial charge in [0.2, 0.25) is 0 Å². The number of aromatic nitrogens is 3. The molecule has 0 amide bonds. The summed E-state index contributed by atoms with van der Waals surface area (Å²) in [7, 11) is 0. The first-order valence-electron chi connectivity index (χ1n) is 7.96. The number of aliphatic hydroxyl groups excluding tert-OH is 1.